The Hall–Kier alpha value is -0.570. The van der Waals surface area contributed by atoms with Crippen molar-refractivity contribution in [3.05, 3.63) is 34.9 Å². The molecule has 0 saturated carbocycles. The van der Waals surface area contributed by atoms with Crippen molar-refractivity contribution in [3.63, 3.8) is 0 Å². The summed E-state index contributed by atoms with van der Waals surface area (Å²) < 4.78 is 0. The van der Waals surface area contributed by atoms with Crippen LogP contribution in [0.4, 0.5) is 0 Å². The molecule has 0 aliphatic rings. The fraction of sp³-hybridized carbons (Fsp3) is 0.333. The second-order valence-electron chi connectivity index (χ2n) is 2.72. The van der Waals surface area contributed by atoms with Crippen LogP contribution < -0.4 is 5.73 Å². The summed E-state index contributed by atoms with van der Waals surface area (Å²) in [7, 11) is 0. The lowest BCUT2D eigenvalue weighted by molar-refractivity contribution is 0.183. The number of benzene rings is 1. The maximum atomic E-state index is 9.23. The molecule has 0 aliphatic heterocycles. The maximum Gasteiger partial charge on any atom is 0.0702 e. The van der Waals surface area contributed by atoms with Crippen molar-refractivity contribution >= 4 is 11.6 Å². The highest BCUT2D eigenvalue weighted by atomic mass is 35.5. The van der Waals surface area contributed by atoms with Crippen LogP contribution in [0.1, 0.15) is 5.56 Å². The van der Waals surface area contributed by atoms with Crippen LogP contribution in [-0.2, 0) is 6.42 Å². The normalized spacial score (nSPS) is 12.9. The van der Waals surface area contributed by atoms with Gasteiger partial charge in [-0.15, -0.1) is 0 Å². The number of halogens is 1. The van der Waals surface area contributed by atoms with Crippen LogP contribution in [0.3, 0.4) is 0 Å². The van der Waals surface area contributed by atoms with Crippen molar-refractivity contribution in [1.29, 1.82) is 0 Å². The Balaban J connectivity index is 2.63. The van der Waals surface area contributed by atoms with E-state index in [2.05, 4.69) is 0 Å². The van der Waals surface area contributed by atoms with Gasteiger partial charge >= 0.3 is 0 Å². The van der Waals surface area contributed by atoms with Crippen LogP contribution in [0, 0.1) is 0 Å². The molecule has 1 unspecified atom stereocenters. The molecule has 0 saturated heterocycles. The van der Waals surface area contributed by atoms with E-state index in [4.69, 9.17) is 17.3 Å². The van der Waals surface area contributed by atoms with Crippen LogP contribution in [0.15, 0.2) is 24.3 Å². The van der Waals surface area contributed by atoms with E-state index in [0.29, 0.717) is 11.4 Å². The Morgan fingerprint density at radius 1 is 1.50 bits per heavy atom. The quantitative estimate of drug-likeness (QED) is 0.744. The Labute approximate surface area is 77.0 Å². The maximum absolute atomic E-state index is 9.23. The van der Waals surface area contributed by atoms with E-state index in [-0.39, 0.29) is 6.54 Å². The molecule has 0 amide bonds. The van der Waals surface area contributed by atoms with Crippen LogP contribution in [0.25, 0.3) is 0 Å². The molecule has 2 nitrogen and oxygen atoms in total. The minimum absolute atomic E-state index is 0.284. The summed E-state index contributed by atoms with van der Waals surface area (Å²) in [5, 5.41) is 9.93. The lowest BCUT2D eigenvalue weighted by Gasteiger charge is -2.06. The lowest BCUT2D eigenvalue weighted by Crippen LogP contribution is -2.21. The first-order valence-electron chi connectivity index (χ1n) is 3.85. The smallest absolute Gasteiger partial charge is 0.0702 e. The third-order valence-corrected chi connectivity index (χ3v) is 1.87. The summed E-state index contributed by atoms with van der Waals surface area (Å²) in [5.41, 5.74) is 6.29. The topological polar surface area (TPSA) is 46.2 Å². The molecule has 0 heterocycles. The average Bonchev–Trinajstić information content (AvgIpc) is 2.04. The molecule has 3 N–H and O–H groups in total. The molecule has 1 aromatic rings. The highest BCUT2D eigenvalue weighted by Crippen LogP contribution is 2.11. The Bertz CT molecular complexity index is 252. The molecule has 0 aromatic heterocycles. The van der Waals surface area contributed by atoms with E-state index in [9.17, 15) is 5.11 Å². The first kappa shape index (κ1) is 9.52. The van der Waals surface area contributed by atoms with Gasteiger partial charge in [0.05, 0.1) is 6.10 Å². The summed E-state index contributed by atoms with van der Waals surface area (Å²) in [5.74, 6) is 0. The Morgan fingerprint density at radius 3 is 2.83 bits per heavy atom. The minimum atomic E-state index is -0.469. The molecule has 0 fully saturated rings. The minimum Gasteiger partial charge on any atom is -0.391 e. The van der Waals surface area contributed by atoms with Crippen LogP contribution in [0.2, 0.25) is 5.02 Å². The first-order valence-corrected chi connectivity index (χ1v) is 4.22. The number of aliphatic hydroxyl groups is 1. The first-order chi connectivity index (χ1) is 5.72. The number of hydrogen-bond acceptors (Lipinski definition) is 2. The monoisotopic (exact) mass is 185 g/mol. The largest absolute Gasteiger partial charge is 0.391 e. The zero-order valence-corrected chi connectivity index (χ0v) is 7.46. The van der Waals surface area contributed by atoms with Gasteiger partial charge < -0.3 is 10.8 Å². The van der Waals surface area contributed by atoms with Crippen molar-refractivity contribution < 1.29 is 5.11 Å². The molecular weight excluding hydrogens is 174 g/mol. The van der Waals surface area contributed by atoms with E-state index < -0.39 is 6.10 Å². The molecular formula is C9H12ClNO. The standard InChI is InChI=1S/C9H12ClNO/c10-8-3-1-2-7(4-8)5-9(12)6-11/h1-4,9,12H,5-6,11H2. The average molecular weight is 186 g/mol. The van der Waals surface area contributed by atoms with Gasteiger partial charge in [0.2, 0.25) is 0 Å². The van der Waals surface area contributed by atoms with Crippen LogP contribution in [0.5, 0.6) is 0 Å². The molecule has 66 valence electrons. The van der Waals surface area contributed by atoms with Gasteiger partial charge in [-0.05, 0) is 24.1 Å². The molecule has 0 radical (unpaired) electrons. The molecule has 1 atom stereocenters. The molecule has 3 heteroatoms. The van der Waals surface area contributed by atoms with E-state index in [1.165, 1.54) is 0 Å². The Morgan fingerprint density at radius 2 is 2.25 bits per heavy atom. The second kappa shape index (κ2) is 4.45. The van der Waals surface area contributed by atoms with Gasteiger partial charge in [0.25, 0.3) is 0 Å². The lowest BCUT2D eigenvalue weighted by atomic mass is 10.1. The van der Waals surface area contributed by atoms with Crippen molar-refractivity contribution in [2.75, 3.05) is 6.54 Å². The van der Waals surface area contributed by atoms with E-state index in [0.717, 1.165) is 5.56 Å². The number of rotatable bonds is 3. The highest BCUT2D eigenvalue weighted by molar-refractivity contribution is 6.30. The molecule has 12 heavy (non-hydrogen) atoms. The third kappa shape index (κ3) is 2.81. The fourth-order valence-corrected chi connectivity index (χ4v) is 1.23. The summed E-state index contributed by atoms with van der Waals surface area (Å²) >= 11 is 5.76. The Kier molecular flexibility index (Phi) is 3.53. The van der Waals surface area contributed by atoms with Gasteiger partial charge in [0, 0.05) is 11.6 Å². The van der Waals surface area contributed by atoms with Crippen LogP contribution in [-0.4, -0.2) is 17.8 Å². The van der Waals surface area contributed by atoms with Gasteiger partial charge in [0.1, 0.15) is 0 Å². The van der Waals surface area contributed by atoms with Gasteiger partial charge in [-0.2, -0.15) is 0 Å². The van der Waals surface area contributed by atoms with Crippen molar-refractivity contribution in [2.24, 2.45) is 5.73 Å². The highest BCUT2D eigenvalue weighted by Gasteiger charge is 2.02. The zero-order chi connectivity index (χ0) is 8.97. The zero-order valence-electron chi connectivity index (χ0n) is 6.70. The summed E-state index contributed by atoms with van der Waals surface area (Å²) in [6.07, 6.45) is 0.0975. The number of nitrogens with two attached hydrogens (primary N) is 1. The molecule has 0 bridgehead atoms. The molecule has 0 aliphatic carbocycles. The van der Waals surface area contributed by atoms with Gasteiger partial charge in [-0.3, -0.25) is 0 Å². The van der Waals surface area contributed by atoms with Gasteiger partial charge in [-0.25, -0.2) is 0 Å². The number of aliphatic hydroxyl groups excluding tert-OH is 1. The van der Waals surface area contributed by atoms with Crippen molar-refractivity contribution in [3.8, 4) is 0 Å². The predicted octanol–water partition coefficient (Wildman–Crippen LogP) is 1.20. The molecule has 1 aromatic carbocycles. The van der Waals surface area contributed by atoms with Crippen molar-refractivity contribution in [1.82, 2.24) is 0 Å². The van der Waals surface area contributed by atoms with Gasteiger partial charge in [0.15, 0.2) is 0 Å². The van der Waals surface area contributed by atoms with Crippen molar-refractivity contribution in [2.45, 2.75) is 12.5 Å². The molecule has 0 spiro atoms. The van der Waals surface area contributed by atoms with Gasteiger partial charge in [-0.1, -0.05) is 23.7 Å². The fourth-order valence-electron chi connectivity index (χ4n) is 1.02. The van der Waals surface area contributed by atoms with Crippen LogP contribution >= 0.6 is 11.6 Å². The summed E-state index contributed by atoms with van der Waals surface area (Å²) in [4.78, 5) is 0. The van der Waals surface area contributed by atoms with E-state index >= 15 is 0 Å². The summed E-state index contributed by atoms with van der Waals surface area (Å²) in [6, 6.07) is 7.42. The predicted molar refractivity (Wildman–Crippen MR) is 50.2 cm³/mol. The summed E-state index contributed by atoms with van der Waals surface area (Å²) in [6.45, 7) is 0.284. The SMILES string of the molecule is NCC(O)Cc1cccc(Cl)c1. The number of hydrogen-bond donors (Lipinski definition) is 2. The third-order valence-electron chi connectivity index (χ3n) is 1.63. The molecule has 1 rings (SSSR count). The van der Waals surface area contributed by atoms with E-state index in [1.54, 1.807) is 6.07 Å². The second-order valence-corrected chi connectivity index (χ2v) is 3.16. The van der Waals surface area contributed by atoms with E-state index in [1.807, 2.05) is 18.2 Å².